The summed E-state index contributed by atoms with van der Waals surface area (Å²) in [5.41, 5.74) is 5.51. The molecule has 0 unspecified atom stereocenters. The summed E-state index contributed by atoms with van der Waals surface area (Å²) in [5, 5.41) is 8.33. The summed E-state index contributed by atoms with van der Waals surface area (Å²) < 4.78 is 0.980. The summed E-state index contributed by atoms with van der Waals surface area (Å²) in [6.07, 6.45) is 4.05. The van der Waals surface area contributed by atoms with E-state index in [9.17, 15) is 0 Å². The molecule has 2 N–H and O–H groups in total. The zero-order chi connectivity index (χ0) is 9.80. The number of thioether (sulfide) groups is 1. The Balaban J connectivity index is 1.76. The van der Waals surface area contributed by atoms with Crippen molar-refractivity contribution in [2.45, 2.75) is 23.6 Å². The molecule has 14 heavy (non-hydrogen) atoms. The Kier molecular flexibility index (Phi) is 3.61. The highest BCUT2D eigenvalue weighted by atomic mass is 32.2. The number of nitrogens with two attached hydrogens (primary N) is 1. The monoisotopic (exact) mass is 230 g/mol. The first-order chi connectivity index (χ1) is 6.84. The van der Waals surface area contributed by atoms with Crippen LogP contribution < -0.4 is 5.73 Å². The molecule has 0 bridgehead atoms. The Morgan fingerprint density at radius 2 is 2.07 bits per heavy atom. The van der Waals surface area contributed by atoms with Crippen molar-refractivity contribution in [1.82, 2.24) is 15.1 Å². The maximum Gasteiger partial charge on any atom is 0.203 e. The van der Waals surface area contributed by atoms with Gasteiger partial charge in [-0.2, -0.15) is 0 Å². The molecule has 0 radical (unpaired) electrons. The van der Waals surface area contributed by atoms with E-state index in [0.29, 0.717) is 5.13 Å². The smallest absolute Gasteiger partial charge is 0.203 e. The van der Waals surface area contributed by atoms with Gasteiger partial charge in [0.15, 0.2) is 4.34 Å². The van der Waals surface area contributed by atoms with Crippen molar-refractivity contribution in [1.29, 1.82) is 0 Å². The molecule has 4 nitrogen and oxygen atoms in total. The third kappa shape index (κ3) is 2.83. The van der Waals surface area contributed by atoms with Gasteiger partial charge in [-0.3, -0.25) is 4.90 Å². The van der Waals surface area contributed by atoms with Gasteiger partial charge in [-0.1, -0.05) is 29.5 Å². The van der Waals surface area contributed by atoms with E-state index in [2.05, 4.69) is 15.1 Å². The zero-order valence-corrected chi connectivity index (χ0v) is 9.61. The van der Waals surface area contributed by atoms with Crippen LogP contribution in [0.3, 0.4) is 0 Å². The number of hydrogen-bond acceptors (Lipinski definition) is 6. The van der Waals surface area contributed by atoms with Crippen LogP contribution in [0.2, 0.25) is 0 Å². The van der Waals surface area contributed by atoms with E-state index >= 15 is 0 Å². The Morgan fingerprint density at radius 3 is 2.71 bits per heavy atom. The maximum atomic E-state index is 5.51. The van der Waals surface area contributed by atoms with E-state index in [1.54, 1.807) is 11.8 Å². The summed E-state index contributed by atoms with van der Waals surface area (Å²) in [6, 6.07) is 0. The van der Waals surface area contributed by atoms with E-state index in [1.165, 1.54) is 43.7 Å². The van der Waals surface area contributed by atoms with Gasteiger partial charge < -0.3 is 5.73 Å². The molecule has 1 aliphatic heterocycles. The van der Waals surface area contributed by atoms with E-state index in [0.717, 1.165) is 10.2 Å². The lowest BCUT2D eigenvalue weighted by atomic mass is 10.1. The molecule has 1 aliphatic rings. The molecule has 1 saturated heterocycles. The Bertz CT molecular complexity index is 283. The molecular weight excluding hydrogens is 216 g/mol. The molecule has 0 saturated carbocycles. The average molecular weight is 230 g/mol. The second kappa shape index (κ2) is 4.95. The van der Waals surface area contributed by atoms with Crippen molar-refractivity contribution in [2.75, 3.05) is 24.7 Å². The number of piperidine rings is 1. The minimum atomic E-state index is 0.561. The van der Waals surface area contributed by atoms with Gasteiger partial charge in [0.2, 0.25) is 5.13 Å². The summed E-state index contributed by atoms with van der Waals surface area (Å²) in [7, 11) is 0. The molecule has 1 aromatic rings. The molecule has 0 amide bonds. The van der Waals surface area contributed by atoms with Gasteiger partial charge in [-0.15, -0.1) is 10.2 Å². The number of likely N-dealkylation sites (tertiary alicyclic amines) is 1. The first-order valence-corrected chi connectivity index (χ1v) is 6.59. The Morgan fingerprint density at radius 1 is 1.29 bits per heavy atom. The third-order valence-electron chi connectivity index (χ3n) is 2.24. The first-order valence-electron chi connectivity index (χ1n) is 4.79. The van der Waals surface area contributed by atoms with Crippen molar-refractivity contribution in [3.8, 4) is 0 Å². The highest BCUT2D eigenvalue weighted by molar-refractivity contribution is 8.01. The predicted octanol–water partition coefficient (Wildman–Crippen LogP) is 1.66. The number of rotatable bonds is 3. The van der Waals surface area contributed by atoms with Gasteiger partial charge in [0, 0.05) is 0 Å². The third-order valence-corrected chi connectivity index (χ3v) is 4.21. The van der Waals surface area contributed by atoms with Gasteiger partial charge in [0.05, 0.1) is 5.88 Å². The number of anilines is 1. The van der Waals surface area contributed by atoms with Crippen molar-refractivity contribution in [2.24, 2.45) is 0 Å². The largest absolute Gasteiger partial charge is 0.374 e. The number of nitrogens with zero attached hydrogens (tertiary/aromatic N) is 3. The van der Waals surface area contributed by atoms with Crippen LogP contribution in [0.25, 0.3) is 0 Å². The lowest BCUT2D eigenvalue weighted by Crippen LogP contribution is -2.29. The van der Waals surface area contributed by atoms with E-state index in [1.807, 2.05) is 0 Å². The fourth-order valence-corrected chi connectivity index (χ4v) is 3.16. The molecule has 0 atom stereocenters. The van der Waals surface area contributed by atoms with Crippen molar-refractivity contribution < 1.29 is 0 Å². The Hall–Kier alpha value is -0.330. The molecule has 0 spiro atoms. The van der Waals surface area contributed by atoms with E-state index in [-0.39, 0.29) is 0 Å². The predicted molar refractivity (Wildman–Crippen MR) is 60.5 cm³/mol. The summed E-state index contributed by atoms with van der Waals surface area (Å²) in [4.78, 5) is 2.46. The number of nitrogen functional groups attached to an aromatic ring is 1. The lowest BCUT2D eigenvalue weighted by molar-refractivity contribution is 0.266. The van der Waals surface area contributed by atoms with Crippen molar-refractivity contribution >= 4 is 28.2 Å². The normalized spacial score (nSPS) is 18.6. The molecule has 2 rings (SSSR count). The number of aromatic nitrogens is 2. The molecule has 1 fully saturated rings. The molecule has 0 aromatic carbocycles. The van der Waals surface area contributed by atoms with Crippen molar-refractivity contribution in [3.63, 3.8) is 0 Å². The van der Waals surface area contributed by atoms with Crippen LogP contribution in [0.1, 0.15) is 19.3 Å². The standard InChI is InChI=1S/C8H14N4S2/c9-7-10-11-8(14-7)13-6-12-4-2-1-3-5-12/h1-6H2,(H2,9,10). The van der Waals surface area contributed by atoms with Crippen LogP contribution in [0.4, 0.5) is 5.13 Å². The van der Waals surface area contributed by atoms with Gasteiger partial charge in [-0.25, -0.2) is 0 Å². The fraction of sp³-hybridized carbons (Fsp3) is 0.750. The summed E-state index contributed by atoms with van der Waals surface area (Å²) in [5.74, 6) is 1.02. The average Bonchev–Trinajstić information content (AvgIpc) is 2.63. The quantitative estimate of drug-likeness (QED) is 0.800. The SMILES string of the molecule is Nc1nnc(SCN2CCCCC2)s1. The van der Waals surface area contributed by atoms with Crippen LogP contribution in [0.5, 0.6) is 0 Å². The molecule has 6 heteroatoms. The highest BCUT2D eigenvalue weighted by Crippen LogP contribution is 2.25. The first kappa shape index (κ1) is 10.2. The van der Waals surface area contributed by atoms with Crippen molar-refractivity contribution in [3.05, 3.63) is 0 Å². The van der Waals surface area contributed by atoms with Crippen LogP contribution >= 0.6 is 23.1 Å². The summed E-state index contributed by atoms with van der Waals surface area (Å²) >= 11 is 3.21. The second-order valence-corrected chi connectivity index (χ2v) is 5.56. The van der Waals surface area contributed by atoms with Crippen LogP contribution in [0, 0.1) is 0 Å². The van der Waals surface area contributed by atoms with Gasteiger partial charge in [0.1, 0.15) is 0 Å². The Labute approximate surface area is 91.9 Å². The zero-order valence-electron chi connectivity index (χ0n) is 7.98. The molecule has 1 aromatic heterocycles. The van der Waals surface area contributed by atoms with Gasteiger partial charge in [-0.05, 0) is 25.9 Å². The minimum Gasteiger partial charge on any atom is -0.374 e. The van der Waals surface area contributed by atoms with Gasteiger partial charge >= 0.3 is 0 Å². The molecule has 78 valence electrons. The maximum absolute atomic E-state index is 5.51. The second-order valence-electron chi connectivity index (χ2n) is 3.36. The molecular formula is C8H14N4S2. The van der Waals surface area contributed by atoms with E-state index < -0.39 is 0 Å². The van der Waals surface area contributed by atoms with E-state index in [4.69, 9.17) is 5.73 Å². The molecule has 2 heterocycles. The van der Waals surface area contributed by atoms with Crippen LogP contribution in [0.15, 0.2) is 4.34 Å². The van der Waals surface area contributed by atoms with Gasteiger partial charge in [0.25, 0.3) is 0 Å². The molecule has 0 aliphatic carbocycles. The topological polar surface area (TPSA) is 55.0 Å². The fourth-order valence-electron chi connectivity index (χ4n) is 1.51. The highest BCUT2D eigenvalue weighted by Gasteiger charge is 2.11. The van der Waals surface area contributed by atoms with Crippen LogP contribution in [-0.2, 0) is 0 Å². The number of hydrogen-bond donors (Lipinski definition) is 1. The summed E-state index contributed by atoms with van der Waals surface area (Å²) in [6.45, 7) is 2.45. The minimum absolute atomic E-state index is 0.561. The van der Waals surface area contributed by atoms with Crippen LogP contribution in [-0.4, -0.2) is 34.1 Å². The lowest BCUT2D eigenvalue weighted by Gasteiger charge is -2.25.